The van der Waals surface area contributed by atoms with Gasteiger partial charge in [0.25, 0.3) is 0 Å². The van der Waals surface area contributed by atoms with Gasteiger partial charge in [-0.1, -0.05) is 84.9 Å². The summed E-state index contributed by atoms with van der Waals surface area (Å²) in [7, 11) is -0.557. The Balaban J connectivity index is 2.13. The first kappa shape index (κ1) is 15.6. The number of hydrogen-bond donors (Lipinski definition) is 0. The summed E-state index contributed by atoms with van der Waals surface area (Å²) in [5.41, 5.74) is 1.31. The highest BCUT2D eigenvalue weighted by molar-refractivity contribution is 7.79. The molecule has 0 unspecified atom stereocenters. The third-order valence-corrected chi connectivity index (χ3v) is 6.25. The molecule has 0 amide bonds. The third-order valence-electron chi connectivity index (χ3n) is 3.71. The van der Waals surface area contributed by atoms with Crippen molar-refractivity contribution in [2.45, 2.75) is 13.5 Å². The van der Waals surface area contributed by atoms with E-state index in [2.05, 4.69) is 89.9 Å². The van der Waals surface area contributed by atoms with Gasteiger partial charge in [0.15, 0.2) is 0 Å². The van der Waals surface area contributed by atoms with Gasteiger partial charge in [-0.3, -0.25) is 4.99 Å². The Morgan fingerprint density at radius 1 is 0.739 bits per heavy atom. The Labute approximate surface area is 139 Å². The van der Waals surface area contributed by atoms with Crippen molar-refractivity contribution in [2.24, 2.45) is 4.99 Å². The van der Waals surface area contributed by atoms with E-state index in [1.807, 2.05) is 13.1 Å². The van der Waals surface area contributed by atoms with Crippen molar-refractivity contribution in [3.05, 3.63) is 90.5 Å². The van der Waals surface area contributed by atoms with Gasteiger partial charge < -0.3 is 0 Å². The van der Waals surface area contributed by atoms with Crippen LogP contribution in [0.5, 0.6) is 0 Å². The van der Waals surface area contributed by atoms with Crippen molar-refractivity contribution >= 4 is 30.0 Å². The highest BCUT2D eigenvalue weighted by Crippen LogP contribution is 2.34. The first-order valence-electron chi connectivity index (χ1n) is 7.82. The lowest BCUT2D eigenvalue weighted by atomic mass is 10.2. The van der Waals surface area contributed by atoms with Crippen molar-refractivity contribution < 1.29 is 0 Å². The molecule has 0 fully saturated rings. The fourth-order valence-electron chi connectivity index (χ4n) is 2.63. The van der Waals surface area contributed by atoms with Crippen LogP contribution in [0.1, 0.15) is 12.5 Å². The molecule has 0 aromatic heterocycles. The zero-order chi connectivity index (χ0) is 15.9. The Bertz CT molecular complexity index is 727. The van der Waals surface area contributed by atoms with Crippen LogP contribution in [0, 0.1) is 0 Å². The molecule has 0 saturated carbocycles. The highest BCUT2D eigenvalue weighted by Gasteiger charge is 2.18. The summed E-state index contributed by atoms with van der Waals surface area (Å²) in [6.45, 7) is 2.71. The lowest BCUT2D eigenvalue weighted by molar-refractivity contribution is 1.09. The molecule has 0 aliphatic rings. The van der Waals surface area contributed by atoms with Gasteiger partial charge in [-0.25, -0.2) is 0 Å². The zero-order valence-electron chi connectivity index (χ0n) is 13.3. The van der Waals surface area contributed by atoms with E-state index in [4.69, 9.17) is 0 Å². The van der Waals surface area contributed by atoms with Gasteiger partial charge >= 0.3 is 0 Å². The van der Waals surface area contributed by atoms with Gasteiger partial charge in [-0.2, -0.15) is 0 Å². The summed E-state index contributed by atoms with van der Waals surface area (Å²) < 4.78 is 0. The van der Waals surface area contributed by atoms with Gasteiger partial charge in [0.2, 0.25) is 0 Å². The number of aliphatic imine (C=N–C) groups is 1. The van der Waals surface area contributed by atoms with Crippen LogP contribution >= 0.6 is 7.92 Å². The molecule has 114 valence electrons. The Morgan fingerprint density at radius 3 is 1.83 bits per heavy atom. The second-order valence-electron chi connectivity index (χ2n) is 5.23. The van der Waals surface area contributed by atoms with Crippen molar-refractivity contribution in [3.8, 4) is 0 Å². The van der Waals surface area contributed by atoms with Gasteiger partial charge in [-0.15, -0.1) is 0 Å². The fraction of sp³-hybridized carbons (Fsp3) is 0.0952. The highest BCUT2D eigenvalue weighted by atomic mass is 31.1. The minimum absolute atomic E-state index is 0.557. The van der Waals surface area contributed by atoms with Crippen LogP contribution in [0.25, 0.3) is 0 Å². The smallest absolute Gasteiger partial charge is 0.0642 e. The van der Waals surface area contributed by atoms with Crippen LogP contribution in [0.2, 0.25) is 0 Å². The molecule has 0 aliphatic heterocycles. The van der Waals surface area contributed by atoms with Crippen molar-refractivity contribution in [1.82, 2.24) is 0 Å². The van der Waals surface area contributed by atoms with Gasteiger partial charge in [0.1, 0.15) is 0 Å². The molecule has 0 atom stereocenters. The van der Waals surface area contributed by atoms with Crippen molar-refractivity contribution in [2.75, 3.05) is 0 Å². The summed E-state index contributed by atoms with van der Waals surface area (Å²) in [5.74, 6) is 0. The summed E-state index contributed by atoms with van der Waals surface area (Å²) in [6.07, 6.45) is 1.88. The van der Waals surface area contributed by atoms with Crippen LogP contribution in [-0.4, -0.2) is 6.21 Å². The Hall–Kier alpha value is -2.24. The molecule has 0 N–H and O–H groups in total. The molecule has 0 aliphatic carbocycles. The van der Waals surface area contributed by atoms with Gasteiger partial charge in [-0.05, 0) is 42.5 Å². The summed E-state index contributed by atoms with van der Waals surface area (Å²) in [4.78, 5) is 4.46. The van der Waals surface area contributed by atoms with Crippen LogP contribution in [-0.2, 0) is 6.54 Å². The zero-order valence-corrected chi connectivity index (χ0v) is 14.2. The van der Waals surface area contributed by atoms with Crippen molar-refractivity contribution in [1.29, 1.82) is 0 Å². The fourth-order valence-corrected chi connectivity index (χ4v) is 5.10. The topological polar surface area (TPSA) is 12.4 Å². The lowest BCUT2D eigenvalue weighted by Crippen LogP contribution is -2.23. The molecule has 3 aromatic rings. The average molecular weight is 317 g/mol. The number of benzene rings is 3. The van der Waals surface area contributed by atoms with Crippen molar-refractivity contribution in [3.63, 3.8) is 0 Å². The van der Waals surface area contributed by atoms with Crippen LogP contribution in [0.4, 0.5) is 0 Å². The monoisotopic (exact) mass is 317 g/mol. The Morgan fingerprint density at radius 2 is 1.26 bits per heavy atom. The second-order valence-corrected chi connectivity index (χ2v) is 7.42. The molecule has 0 spiro atoms. The molecule has 3 aromatic carbocycles. The van der Waals surface area contributed by atoms with Gasteiger partial charge in [0.05, 0.1) is 6.54 Å². The predicted molar refractivity (Wildman–Crippen MR) is 103 cm³/mol. The van der Waals surface area contributed by atoms with Crippen LogP contribution in [0.15, 0.2) is 89.9 Å². The number of hydrogen-bond acceptors (Lipinski definition) is 1. The van der Waals surface area contributed by atoms with Gasteiger partial charge in [0, 0.05) is 0 Å². The quantitative estimate of drug-likeness (QED) is 0.497. The van der Waals surface area contributed by atoms with E-state index in [0.717, 1.165) is 6.54 Å². The lowest BCUT2D eigenvalue weighted by Gasteiger charge is -2.21. The summed E-state index contributed by atoms with van der Waals surface area (Å²) in [5, 5.41) is 4.15. The molecule has 3 rings (SSSR count). The molecular weight excluding hydrogens is 297 g/mol. The maximum absolute atomic E-state index is 4.46. The molecule has 0 saturated heterocycles. The number of rotatable bonds is 5. The summed E-state index contributed by atoms with van der Waals surface area (Å²) in [6, 6.07) is 30.3. The minimum Gasteiger partial charge on any atom is -0.293 e. The van der Waals surface area contributed by atoms with Crippen LogP contribution < -0.4 is 15.9 Å². The predicted octanol–water partition coefficient (Wildman–Crippen LogP) is 4.04. The molecule has 1 nitrogen and oxygen atoms in total. The minimum atomic E-state index is -0.557. The van der Waals surface area contributed by atoms with E-state index in [-0.39, 0.29) is 0 Å². The van der Waals surface area contributed by atoms with E-state index < -0.39 is 7.92 Å². The summed E-state index contributed by atoms with van der Waals surface area (Å²) >= 11 is 0. The first-order valence-corrected chi connectivity index (χ1v) is 9.17. The third kappa shape index (κ3) is 3.75. The van der Waals surface area contributed by atoms with E-state index in [1.165, 1.54) is 21.5 Å². The standard InChI is InChI=1S/C21H20NP/c1-2-22-17-18-11-9-10-16-21(18)23(19-12-5-3-6-13-19)20-14-7-4-8-15-20/h2-16H,17H2,1H3. The Kier molecular flexibility index (Phi) is 5.34. The SMILES string of the molecule is CC=NCc1ccccc1P(c1ccccc1)c1ccccc1. The number of nitrogens with zero attached hydrogens (tertiary/aromatic N) is 1. The second kappa shape index (κ2) is 7.85. The largest absolute Gasteiger partial charge is 0.293 e. The first-order chi connectivity index (χ1) is 11.4. The maximum atomic E-state index is 4.46. The molecule has 23 heavy (non-hydrogen) atoms. The van der Waals surface area contributed by atoms with E-state index in [0.29, 0.717) is 0 Å². The molecule has 2 heteroatoms. The van der Waals surface area contributed by atoms with Crippen LogP contribution in [0.3, 0.4) is 0 Å². The molecule has 0 heterocycles. The normalized spacial score (nSPS) is 11.2. The van der Waals surface area contributed by atoms with E-state index >= 15 is 0 Å². The molecular formula is C21H20NP. The van der Waals surface area contributed by atoms with E-state index in [1.54, 1.807) is 0 Å². The molecule has 0 bridgehead atoms. The average Bonchev–Trinajstić information content (AvgIpc) is 2.63. The molecule has 0 radical (unpaired) electrons. The maximum Gasteiger partial charge on any atom is 0.0642 e. The van der Waals surface area contributed by atoms with E-state index in [9.17, 15) is 0 Å².